The van der Waals surface area contributed by atoms with E-state index in [4.69, 9.17) is 23.2 Å². The average Bonchev–Trinajstić information content (AvgIpc) is 2.22. The van der Waals surface area contributed by atoms with E-state index in [2.05, 4.69) is 10.2 Å². The maximum atomic E-state index is 5.36. The van der Waals surface area contributed by atoms with E-state index in [0.29, 0.717) is 0 Å². The Balaban J connectivity index is 2.32. The minimum atomic E-state index is -0.721. The van der Waals surface area contributed by atoms with Crippen molar-refractivity contribution in [2.24, 2.45) is 10.2 Å². The van der Waals surface area contributed by atoms with Crippen LogP contribution in [0.15, 0.2) is 10.2 Å². The summed E-state index contributed by atoms with van der Waals surface area (Å²) in [4.78, 5) is 0. The Labute approximate surface area is 45.2 Å². The summed E-state index contributed by atoms with van der Waals surface area (Å²) < 4.78 is 0. The van der Waals surface area contributed by atoms with E-state index >= 15 is 0 Å². The number of alkyl halides is 2. The molecule has 0 saturated heterocycles. The third-order valence-corrected chi connectivity index (χ3v) is 1.28. The summed E-state index contributed by atoms with van der Waals surface area (Å²) in [5.41, 5.74) is 0. The van der Waals surface area contributed by atoms with Crippen molar-refractivity contribution in [2.45, 2.75) is 5.12 Å². The number of rotatable bonds is 1. The Bertz CT molecular complexity index is 83.5. The van der Waals surface area contributed by atoms with Gasteiger partial charge in [0.05, 0.1) is 5.88 Å². The van der Waals surface area contributed by atoms with E-state index in [1.165, 1.54) is 0 Å². The Kier molecular flexibility index (Phi) is 0.777. The zero-order valence-corrected chi connectivity index (χ0v) is 4.37. The second kappa shape index (κ2) is 1.07. The Morgan fingerprint density at radius 2 is 2.00 bits per heavy atom. The first kappa shape index (κ1) is 4.34. The van der Waals surface area contributed by atoms with Crippen LogP contribution in [-0.4, -0.2) is 11.0 Å². The van der Waals surface area contributed by atoms with Crippen LogP contribution in [0.2, 0.25) is 0 Å². The molecule has 1 aliphatic rings. The van der Waals surface area contributed by atoms with Gasteiger partial charge in [0.25, 0.3) is 5.12 Å². The lowest BCUT2D eigenvalue weighted by atomic mass is 10.7. The standard InChI is InChI=1S/C2H2Cl2N2/c3-1-2(4)5-6-2/h1H2. The molecule has 1 heterocycles. The van der Waals surface area contributed by atoms with E-state index in [1.807, 2.05) is 0 Å². The van der Waals surface area contributed by atoms with E-state index in [0.717, 1.165) is 0 Å². The van der Waals surface area contributed by atoms with E-state index in [9.17, 15) is 0 Å². The molecule has 0 atom stereocenters. The van der Waals surface area contributed by atoms with Crippen LogP contribution in [0.5, 0.6) is 0 Å². The summed E-state index contributed by atoms with van der Waals surface area (Å²) in [6.07, 6.45) is 0. The molecule has 4 heteroatoms. The van der Waals surface area contributed by atoms with Gasteiger partial charge in [0, 0.05) is 0 Å². The summed E-state index contributed by atoms with van der Waals surface area (Å²) >= 11 is 10.6. The zero-order chi connectivity index (χ0) is 4.62. The molecule has 0 amide bonds. The van der Waals surface area contributed by atoms with Gasteiger partial charge in [-0.15, -0.1) is 21.8 Å². The van der Waals surface area contributed by atoms with Gasteiger partial charge in [-0.2, -0.15) is 0 Å². The molecule has 0 bridgehead atoms. The third kappa shape index (κ3) is 0.632. The largest absolute Gasteiger partial charge is 0.276 e. The summed E-state index contributed by atoms with van der Waals surface area (Å²) in [7, 11) is 0. The fourth-order valence-electron chi connectivity index (χ4n) is 0.108. The first-order valence-electron chi connectivity index (χ1n) is 1.46. The summed E-state index contributed by atoms with van der Waals surface area (Å²) in [5.74, 6) is 0.286. The fourth-order valence-corrected chi connectivity index (χ4v) is 0.252. The number of hydrogen-bond donors (Lipinski definition) is 0. The van der Waals surface area contributed by atoms with E-state index in [1.54, 1.807) is 0 Å². The fraction of sp³-hybridized carbons (Fsp3) is 1.00. The van der Waals surface area contributed by atoms with Crippen LogP contribution in [0, 0.1) is 0 Å². The third-order valence-electron chi connectivity index (χ3n) is 0.487. The van der Waals surface area contributed by atoms with E-state index < -0.39 is 5.12 Å². The van der Waals surface area contributed by atoms with E-state index in [-0.39, 0.29) is 5.88 Å². The number of nitrogens with zero attached hydrogens (tertiary/aromatic N) is 2. The first-order chi connectivity index (χ1) is 2.77. The van der Waals surface area contributed by atoms with Gasteiger partial charge in [0.15, 0.2) is 0 Å². The molecule has 2 nitrogen and oxygen atoms in total. The molecule has 0 spiro atoms. The molecule has 0 aliphatic carbocycles. The Morgan fingerprint density at radius 1 is 1.50 bits per heavy atom. The molecule has 0 N–H and O–H groups in total. The second-order valence-corrected chi connectivity index (χ2v) is 1.93. The highest BCUT2D eigenvalue weighted by Crippen LogP contribution is 2.33. The van der Waals surface area contributed by atoms with Crippen molar-refractivity contribution in [3.8, 4) is 0 Å². The topological polar surface area (TPSA) is 24.7 Å². The molecular weight excluding hydrogens is 123 g/mol. The zero-order valence-electron chi connectivity index (χ0n) is 2.86. The molecule has 0 aromatic heterocycles. The molecule has 0 radical (unpaired) electrons. The minimum Gasteiger partial charge on any atom is -0.139 e. The highest BCUT2D eigenvalue weighted by Gasteiger charge is 2.35. The van der Waals surface area contributed by atoms with Gasteiger partial charge in [-0.3, -0.25) is 0 Å². The van der Waals surface area contributed by atoms with Crippen LogP contribution in [-0.2, 0) is 0 Å². The van der Waals surface area contributed by atoms with Gasteiger partial charge in [-0.1, -0.05) is 11.6 Å². The second-order valence-electron chi connectivity index (χ2n) is 1.05. The highest BCUT2D eigenvalue weighted by molar-refractivity contribution is 6.31. The maximum Gasteiger partial charge on any atom is 0.276 e. The number of halogens is 2. The molecule has 34 valence electrons. The summed E-state index contributed by atoms with van der Waals surface area (Å²) in [6.45, 7) is 0. The maximum absolute atomic E-state index is 5.36. The van der Waals surface area contributed by atoms with Crippen molar-refractivity contribution in [2.75, 3.05) is 5.88 Å². The van der Waals surface area contributed by atoms with Gasteiger partial charge in [0.2, 0.25) is 0 Å². The molecule has 0 unspecified atom stereocenters. The molecule has 0 aromatic carbocycles. The summed E-state index contributed by atoms with van der Waals surface area (Å²) in [6, 6.07) is 0. The molecule has 6 heavy (non-hydrogen) atoms. The predicted octanol–water partition coefficient (Wildman–Crippen LogP) is 1.58. The van der Waals surface area contributed by atoms with Gasteiger partial charge in [0.1, 0.15) is 0 Å². The smallest absolute Gasteiger partial charge is 0.139 e. The van der Waals surface area contributed by atoms with Crippen LogP contribution < -0.4 is 0 Å². The van der Waals surface area contributed by atoms with Crippen molar-refractivity contribution in [3.63, 3.8) is 0 Å². The van der Waals surface area contributed by atoms with Crippen molar-refractivity contribution in [3.05, 3.63) is 0 Å². The van der Waals surface area contributed by atoms with Crippen LogP contribution in [0.25, 0.3) is 0 Å². The van der Waals surface area contributed by atoms with Crippen LogP contribution in [0.3, 0.4) is 0 Å². The SMILES string of the molecule is ClCC1(Cl)N=N1. The lowest BCUT2D eigenvalue weighted by molar-refractivity contribution is 0.970. The molecule has 1 rings (SSSR count). The van der Waals surface area contributed by atoms with Gasteiger partial charge in [-0.05, 0) is 0 Å². The normalized spacial score (nSPS) is 24.3. The quantitative estimate of drug-likeness (QED) is 0.375. The van der Waals surface area contributed by atoms with Crippen molar-refractivity contribution < 1.29 is 0 Å². The predicted molar refractivity (Wildman–Crippen MR) is 24.2 cm³/mol. The Morgan fingerprint density at radius 3 is 2.00 bits per heavy atom. The minimum absolute atomic E-state index is 0.286. The molecule has 0 aromatic rings. The first-order valence-corrected chi connectivity index (χ1v) is 2.37. The molecular formula is C2H2Cl2N2. The highest BCUT2D eigenvalue weighted by atomic mass is 35.5. The molecule has 0 fully saturated rings. The van der Waals surface area contributed by atoms with Crippen LogP contribution in [0.1, 0.15) is 0 Å². The lowest BCUT2D eigenvalue weighted by Crippen LogP contribution is -1.98. The lowest BCUT2D eigenvalue weighted by Gasteiger charge is -1.85. The average molecular weight is 125 g/mol. The number of hydrogen-bond acceptors (Lipinski definition) is 2. The molecule has 0 saturated carbocycles. The van der Waals surface area contributed by atoms with Crippen LogP contribution in [0.4, 0.5) is 0 Å². The van der Waals surface area contributed by atoms with Crippen molar-refractivity contribution in [1.82, 2.24) is 0 Å². The van der Waals surface area contributed by atoms with Crippen molar-refractivity contribution >= 4 is 23.2 Å². The Hall–Kier alpha value is 0.180. The monoisotopic (exact) mass is 124 g/mol. The van der Waals surface area contributed by atoms with Crippen LogP contribution >= 0.6 is 23.2 Å². The summed E-state index contributed by atoms with van der Waals surface area (Å²) in [5, 5.41) is 6.10. The molecule has 1 aliphatic heterocycles. The van der Waals surface area contributed by atoms with Gasteiger partial charge >= 0.3 is 0 Å². The van der Waals surface area contributed by atoms with Gasteiger partial charge < -0.3 is 0 Å². The van der Waals surface area contributed by atoms with Gasteiger partial charge in [-0.25, -0.2) is 0 Å². The van der Waals surface area contributed by atoms with Crippen molar-refractivity contribution in [1.29, 1.82) is 0 Å².